The van der Waals surface area contributed by atoms with Crippen molar-refractivity contribution in [2.45, 2.75) is 33.4 Å². The molecule has 0 unspecified atom stereocenters. The normalized spacial score (nSPS) is 14.5. The number of aromatic nitrogens is 2. The third kappa shape index (κ3) is 4.12. The molecule has 166 valence electrons. The number of para-hydroxylation sites is 4. The Bertz CT molecular complexity index is 1320. The van der Waals surface area contributed by atoms with E-state index in [0.717, 1.165) is 41.1 Å². The molecule has 2 heterocycles. The van der Waals surface area contributed by atoms with Crippen molar-refractivity contribution in [3.05, 3.63) is 90.3 Å². The summed E-state index contributed by atoms with van der Waals surface area (Å²) in [6, 6.07) is 25.1. The molecule has 0 N–H and O–H groups in total. The molecule has 0 radical (unpaired) electrons. The van der Waals surface area contributed by atoms with Gasteiger partial charge in [0.25, 0.3) is 5.91 Å². The standard InChI is InChI=1S/C27H26N4O2/c1-19(2)16-17-30-24-15-9-7-13-22(24)28-25(30)18-31-23-14-8-6-12-21(23)26(27(31)32)29-33-20-10-4-3-5-11-20/h3-15,19H,16-18H2,1-2H3/b29-26+. The van der Waals surface area contributed by atoms with E-state index in [0.29, 0.717) is 23.9 Å². The minimum absolute atomic E-state index is 0.186. The smallest absolute Gasteiger partial charge is 0.281 e. The van der Waals surface area contributed by atoms with Crippen LogP contribution in [0.15, 0.2) is 84.0 Å². The number of hydrogen-bond acceptors (Lipinski definition) is 4. The van der Waals surface area contributed by atoms with Crippen LogP contribution in [0.1, 0.15) is 31.7 Å². The number of carbonyl (C=O) groups excluding carboxylic acids is 1. The number of nitrogens with zero attached hydrogens (tertiary/aromatic N) is 4. The number of amides is 1. The molecular weight excluding hydrogens is 412 g/mol. The summed E-state index contributed by atoms with van der Waals surface area (Å²) in [5.74, 6) is 1.84. The number of hydrogen-bond donors (Lipinski definition) is 0. The summed E-state index contributed by atoms with van der Waals surface area (Å²) in [5.41, 5.74) is 3.93. The molecule has 0 fully saturated rings. The number of benzene rings is 3. The van der Waals surface area contributed by atoms with E-state index in [1.807, 2.05) is 72.8 Å². The van der Waals surface area contributed by atoms with Crippen molar-refractivity contribution in [2.75, 3.05) is 4.90 Å². The maximum atomic E-state index is 13.5. The van der Waals surface area contributed by atoms with Crippen molar-refractivity contribution < 1.29 is 9.63 Å². The molecule has 1 aromatic heterocycles. The van der Waals surface area contributed by atoms with Gasteiger partial charge in [-0.15, -0.1) is 0 Å². The average molecular weight is 439 g/mol. The Morgan fingerprint density at radius 3 is 2.48 bits per heavy atom. The summed E-state index contributed by atoms with van der Waals surface area (Å²) in [7, 11) is 0. The molecule has 1 aliphatic heterocycles. The van der Waals surface area contributed by atoms with Crippen LogP contribution in [0, 0.1) is 5.92 Å². The number of oxime groups is 1. The molecule has 33 heavy (non-hydrogen) atoms. The van der Waals surface area contributed by atoms with Crippen LogP contribution in [0.25, 0.3) is 11.0 Å². The van der Waals surface area contributed by atoms with Crippen molar-refractivity contribution in [2.24, 2.45) is 11.1 Å². The van der Waals surface area contributed by atoms with Gasteiger partial charge in [-0.3, -0.25) is 9.69 Å². The van der Waals surface area contributed by atoms with Gasteiger partial charge < -0.3 is 9.40 Å². The topological polar surface area (TPSA) is 59.7 Å². The number of fused-ring (bicyclic) bond motifs is 2. The highest BCUT2D eigenvalue weighted by atomic mass is 16.6. The second-order valence-electron chi connectivity index (χ2n) is 8.60. The maximum absolute atomic E-state index is 13.5. The third-order valence-corrected chi connectivity index (χ3v) is 5.85. The Labute approximate surface area is 193 Å². The molecule has 0 atom stereocenters. The summed E-state index contributed by atoms with van der Waals surface area (Å²) in [5, 5.41) is 4.23. The summed E-state index contributed by atoms with van der Waals surface area (Å²) >= 11 is 0. The Balaban J connectivity index is 1.50. The molecule has 0 aliphatic carbocycles. The Kier molecular flexibility index (Phi) is 5.65. The van der Waals surface area contributed by atoms with Crippen LogP contribution in [0.3, 0.4) is 0 Å². The lowest BCUT2D eigenvalue weighted by atomic mass is 10.1. The number of imidazole rings is 1. The molecule has 6 nitrogen and oxygen atoms in total. The van der Waals surface area contributed by atoms with E-state index in [2.05, 4.69) is 29.6 Å². The van der Waals surface area contributed by atoms with Gasteiger partial charge in [-0.25, -0.2) is 4.98 Å². The summed E-state index contributed by atoms with van der Waals surface area (Å²) < 4.78 is 2.24. The Morgan fingerprint density at radius 1 is 0.939 bits per heavy atom. The van der Waals surface area contributed by atoms with E-state index in [4.69, 9.17) is 9.82 Å². The fourth-order valence-electron chi connectivity index (χ4n) is 4.11. The summed E-state index contributed by atoms with van der Waals surface area (Å²) in [6.45, 7) is 5.66. The minimum atomic E-state index is -0.186. The van der Waals surface area contributed by atoms with Crippen molar-refractivity contribution in [3.8, 4) is 5.75 Å². The van der Waals surface area contributed by atoms with Gasteiger partial charge in [-0.05, 0) is 42.7 Å². The predicted octanol–water partition coefficient (Wildman–Crippen LogP) is 5.41. The van der Waals surface area contributed by atoms with Crippen LogP contribution in [0.5, 0.6) is 5.75 Å². The first-order chi connectivity index (χ1) is 16.1. The second kappa shape index (κ2) is 8.90. The zero-order valence-electron chi connectivity index (χ0n) is 18.8. The lowest BCUT2D eigenvalue weighted by Crippen LogP contribution is -2.31. The lowest BCUT2D eigenvalue weighted by Gasteiger charge is -2.18. The molecule has 5 rings (SSSR count). The molecule has 1 aliphatic rings. The van der Waals surface area contributed by atoms with Crippen molar-refractivity contribution in [1.29, 1.82) is 0 Å². The lowest BCUT2D eigenvalue weighted by molar-refractivity contribution is -0.112. The van der Waals surface area contributed by atoms with Crippen LogP contribution < -0.4 is 9.74 Å². The van der Waals surface area contributed by atoms with Gasteiger partial charge in [0.1, 0.15) is 5.82 Å². The average Bonchev–Trinajstić information content (AvgIpc) is 3.31. The zero-order chi connectivity index (χ0) is 22.8. The van der Waals surface area contributed by atoms with Gasteiger partial charge in [-0.1, -0.05) is 67.5 Å². The Hall–Kier alpha value is -3.93. The fraction of sp³-hybridized carbons (Fsp3) is 0.222. The van der Waals surface area contributed by atoms with E-state index in [-0.39, 0.29) is 5.91 Å². The minimum Gasteiger partial charge on any atom is -0.356 e. The first-order valence-corrected chi connectivity index (χ1v) is 11.3. The Morgan fingerprint density at radius 2 is 1.67 bits per heavy atom. The second-order valence-corrected chi connectivity index (χ2v) is 8.60. The van der Waals surface area contributed by atoms with E-state index < -0.39 is 0 Å². The van der Waals surface area contributed by atoms with Gasteiger partial charge in [-0.2, -0.15) is 0 Å². The SMILES string of the molecule is CC(C)CCn1c(CN2C(=O)/C(=N/Oc3ccccc3)c3ccccc32)nc2ccccc21. The number of carbonyl (C=O) groups is 1. The maximum Gasteiger partial charge on any atom is 0.281 e. The fourth-order valence-corrected chi connectivity index (χ4v) is 4.11. The number of aryl methyl sites for hydroxylation is 1. The van der Waals surface area contributed by atoms with E-state index >= 15 is 0 Å². The molecular formula is C27H26N4O2. The van der Waals surface area contributed by atoms with Gasteiger partial charge in [0, 0.05) is 12.1 Å². The largest absolute Gasteiger partial charge is 0.356 e. The molecule has 3 aromatic carbocycles. The summed E-state index contributed by atoms with van der Waals surface area (Å²) in [6.07, 6.45) is 1.04. The molecule has 0 saturated carbocycles. The number of rotatable bonds is 7. The molecule has 0 spiro atoms. The van der Waals surface area contributed by atoms with Gasteiger partial charge in [0.2, 0.25) is 0 Å². The van der Waals surface area contributed by atoms with Crippen LogP contribution >= 0.6 is 0 Å². The predicted molar refractivity (Wildman–Crippen MR) is 130 cm³/mol. The van der Waals surface area contributed by atoms with E-state index in [1.54, 1.807) is 4.90 Å². The first kappa shape index (κ1) is 20.9. The van der Waals surface area contributed by atoms with Crippen LogP contribution in [0.4, 0.5) is 5.69 Å². The van der Waals surface area contributed by atoms with Gasteiger partial charge in [0.15, 0.2) is 11.5 Å². The van der Waals surface area contributed by atoms with Crippen LogP contribution in [-0.4, -0.2) is 21.2 Å². The number of anilines is 1. The zero-order valence-corrected chi connectivity index (χ0v) is 18.8. The van der Waals surface area contributed by atoms with Crippen molar-refractivity contribution in [1.82, 2.24) is 9.55 Å². The highest BCUT2D eigenvalue weighted by Gasteiger charge is 2.35. The van der Waals surface area contributed by atoms with E-state index in [9.17, 15) is 4.79 Å². The van der Waals surface area contributed by atoms with Gasteiger partial charge >= 0.3 is 0 Å². The van der Waals surface area contributed by atoms with Crippen LogP contribution in [0.2, 0.25) is 0 Å². The van der Waals surface area contributed by atoms with Crippen molar-refractivity contribution in [3.63, 3.8) is 0 Å². The molecule has 0 saturated heterocycles. The first-order valence-electron chi connectivity index (χ1n) is 11.3. The highest BCUT2D eigenvalue weighted by molar-refractivity contribution is 6.54. The van der Waals surface area contributed by atoms with Crippen LogP contribution in [-0.2, 0) is 17.9 Å². The monoisotopic (exact) mass is 438 g/mol. The molecule has 4 aromatic rings. The molecule has 0 bridgehead atoms. The highest BCUT2D eigenvalue weighted by Crippen LogP contribution is 2.31. The van der Waals surface area contributed by atoms with Crippen molar-refractivity contribution >= 4 is 28.3 Å². The third-order valence-electron chi connectivity index (χ3n) is 5.85. The summed E-state index contributed by atoms with van der Waals surface area (Å²) in [4.78, 5) is 25.7. The molecule has 1 amide bonds. The van der Waals surface area contributed by atoms with E-state index in [1.165, 1.54) is 0 Å². The quantitative estimate of drug-likeness (QED) is 0.362. The molecule has 6 heteroatoms. The van der Waals surface area contributed by atoms with Gasteiger partial charge in [0.05, 0.1) is 23.3 Å².